The van der Waals surface area contributed by atoms with Gasteiger partial charge in [-0.05, 0) is 5.70 Å². The second kappa shape index (κ2) is 2.17. The van der Waals surface area contributed by atoms with Crippen LogP contribution in [0.15, 0.2) is 12.0 Å². The Balaban J connectivity index is 2.26. The molecule has 6 heavy (non-hydrogen) atoms. The van der Waals surface area contributed by atoms with Crippen molar-refractivity contribution in [2.75, 3.05) is 0 Å². The van der Waals surface area contributed by atoms with Crippen LogP contribution in [0.25, 0.3) is 0 Å². The molecule has 1 rings (SSSR count). The van der Waals surface area contributed by atoms with Crippen molar-refractivity contribution in [3.8, 4) is 0 Å². The molecule has 34 valence electrons. The Morgan fingerprint density at radius 3 is 2.67 bits per heavy atom. The van der Waals surface area contributed by atoms with Crippen molar-refractivity contribution in [2.45, 2.75) is 0 Å². The molecule has 1 aliphatic rings. The molecule has 4 heteroatoms. The molecule has 0 fully saturated rings. The van der Waals surface area contributed by atoms with E-state index >= 15 is 0 Å². The van der Waals surface area contributed by atoms with Gasteiger partial charge in [0.05, 0.1) is 6.26 Å². The van der Waals surface area contributed by atoms with Crippen LogP contribution < -0.4 is 0 Å². The lowest BCUT2D eigenvalue weighted by molar-refractivity contribution is 0.413. The Labute approximate surface area is 41.2 Å². The van der Waals surface area contributed by atoms with Gasteiger partial charge in [-0.2, -0.15) is 0 Å². The molecule has 0 radical (unpaired) electrons. The summed E-state index contributed by atoms with van der Waals surface area (Å²) in [5.74, 6) is 0. The maximum atomic E-state index is 5.04. The Hall–Kier alpha value is -0.0662. The molecule has 0 saturated heterocycles. The molecule has 1 aliphatic heterocycles. The van der Waals surface area contributed by atoms with Gasteiger partial charge >= 0.3 is 10.0 Å². The van der Waals surface area contributed by atoms with Crippen molar-refractivity contribution in [1.82, 2.24) is 0 Å². The maximum absolute atomic E-state index is 5.04. The standard InChI is InChI=1S/C2H6O2Si2/c1-2-5-4-6-3-1/h1-2H,5-6H2. The molecule has 0 aromatic carbocycles. The maximum Gasteiger partial charge on any atom is 0.354 e. The highest BCUT2D eigenvalue weighted by Gasteiger charge is 1.88. The molecule has 1 heterocycles. The minimum Gasteiger partial charge on any atom is -0.532 e. The number of hydrogen-bond donors (Lipinski definition) is 0. The largest absolute Gasteiger partial charge is 0.532 e. The highest BCUT2D eigenvalue weighted by atomic mass is 28.3. The van der Waals surface area contributed by atoms with E-state index in [0.29, 0.717) is 0 Å². The summed E-state index contributed by atoms with van der Waals surface area (Å²) in [7, 11) is -0.752. The fourth-order valence-electron chi connectivity index (χ4n) is 0.311. The van der Waals surface area contributed by atoms with Crippen LogP contribution in [0.2, 0.25) is 0 Å². The molecule has 0 aliphatic carbocycles. The summed E-state index contributed by atoms with van der Waals surface area (Å²) in [5.41, 5.74) is 2.00. The normalized spacial score (nSPS) is 28.0. The fraction of sp³-hybridized carbons (Fsp3) is 0. The van der Waals surface area contributed by atoms with Crippen molar-refractivity contribution in [2.24, 2.45) is 0 Å². The lowest BCUT2D eigenvalue weighted by Gasteiger charge is -2.03. The van der Waals surface area contributed by atoms with Gasteiger partial charge in [0.25, 0.3) is 0 Å². The Morgan fingerprint density at radius 2 is 2.50 bits per heavy atom. The minimum absolute atomic E-state index is 0.235. The molecule has 0 amide bonds. The number of rotatable bonds is 0. The number of hydrogen-bond acceptors (Lipinski definition) is 2. The van der Waals surface area contributed by atoms with Crippen molar-refractivity contribution in [1.29, 1.82) is 0 Å². The summed E-state index contributed by atoms with van der Waals surface area (Å²) in [6.07, 6.45) is 1.77. The third-order valence-electron chi connectivity index (χ3n) is 0.558. The molecule has 0 unspecified atom stereocenters. The summed E-state index contributed by atoms with van der Waals surface area (Å²) in [4.78, 5) is 0. The van der Waals surface area contributed by atoms with E-state index in [4.69, 9.17) is 8.54 Å². The first kappa shape index (κ1) is 4.10. The Morgan fingerprint density at radius 1 is 1.50 bits per heavy atom. The van der Waals surface area contributed by atoms with Gasteiger partial charge in [0, 0.05) is 0 Å². The molecule has 2 nitrogen and oxygen atoms in total. The van der Waals surface area contributed by atoms with E-state index in [1.165, 1.54) is 0 Å². The van der Waals surface area contributed by atoms with Crippen LogP contribution in [0.1, 0.15) is 0 Å². The first-order valence-electron chi connectivity index (χ1n) is 1.84. The molecule has 0 N–H and O–H groups in total. The fourth-order valence-corrected chi connectivity index (χ4v) is 2.33. The van der Waals surface area contributed by atoms with Crippen LogP contribution in [-0.4, -0.2) is 19.8 Å². The minimum atomic E-state index is -0.517. The van der Waals surface area contributed by atoms with Crippen LogP contribution in [0, 0.1) is 0 Å². The molecule has 0 saturated carbocycles. The van der Waals surface area contributed by atoms with Crippen molar-refractivity contribution in [3.63, 3.8) is 0 Å². The molecular formula is C2H6O2Si2. The van der Waals surface area contributed by atoms with Gasteiger partial charge in [0.1, 0.15) is 0 Å². The third kappa shape index (κ3) is 0.962. The van der Waals surface area contributed by atoms with Crippen molar-refractivity contribution >= 4 is 19.8 Å². The SMILES string of the molecule is C1=C[SiH2]O[SiH2]O1. The molecule has 0 aromatic rings. The lowest BCUT2D eigenvalue weighted by Crippen LogP contribution is -2.07. The van der Waals surface area contributed by atoms with E-state index in [1.807, 2.05) is 5.70 Å². The quantitative estimate of drug-likeness (QED) is 0.364. The van der Waals surface area contributed by atoms with Crippen LogP contribution in [0.5, 0.6) is 0 Å². The predicted molar refractivity (Wildman–Crippen MR) is 28.4 cm³/mol. The average Bonchev–Trinajstić information content (AvgIpc) is 1.72. The Kier molecular flexibility index (Phi) is 1.48. The summed E-state index contributed by atoms with van der Waals surface area (Å²) >= 11 is 0. The van der Waals surface area contributed by atoms with Gasteiger partial charge in [-0.3, -0.25) is 0 Å². The van der Waals surface area contributed by atoms with E-state index in [2.05, 4.69) is 0 Å². The van der Waals surface area contributed by atoms with E-state index < -0.39 is 10.0 Å². The van der Waals surface area contributed by atoms with Gasteiger partial charge in [-0.25, -0.2) is 0 Å². The molecule has 0 bridgehead atoms. The van der Waals surface area contributed by atoms with E-state index in [-0.39, 0.29) is 9.76 Å². The smallest absolute Gasteiger partial charge is 0.354 e. The van der Waals surface area contributed by atoms with Gasteiger partial charge in [0.15, 0.2) is 9.76 Å². The average molecular weight is 118 g/mol. The summed E-state index contributed by atoms with van der Waals surface area (Å²) < 4.78 is 9.88. The van der Waals surface area contributed by atoms with Crippen LogP contribution >= 0.6 is 0 Å². The van der Waals surface area contributed by atoms with Gasteiger partial charge in [-0.15, -0.1) is 0 Å². The highest BCUT2D eigenvalue weighted by Crippen LogP contribution is 1.81. The van der Waals surface area contributed by atoms with Crippen molar-refractivity contribution in [3.05, 3.63) is 12.0 Å². The first-order valence-corrected chi connectivity index (χ1v) is 4.39. The van der Waals surface area contributed by atoms with Crippen LogP contribution in [-0.2, 0) is 8.54 Å². The van der Waals surface area contributed by atoms with E-state index in [9.17, 15) is 0 Å². The summed E-state index contributed by atoms with van der Waals surface area (Å²) in [5, 5.41) is 0. The van der Waals surface area contributed by atoms with Gasteiger partial charge < -0.3 is 8.54 Å². The first-order chi connectivity index (χ1) is 3.00. The van der Waals surface area contributed by atoms with E-state index in [0.717, 1.165) is 0 Å². The lowest BCUT2D eigenvalue weighted by atomic mass is 11.2. The second-order valence-corrected chi connectivity index (χ2v) is 4.03. The zero-order valence-electron chi connectivity index (χ0n) is 3.39. The van der Waals surface area contributed by atoms with Gasteiger partial charge in [0.2, 0.25) is 0 Å². The molecule has 0 spiro atoms. The highest BCUT2D eigenvalue weighted by molar-refractivity contribution is 6.44. The summed E-state index contributed by atoms with van der Waals surface area (Å²) in [6, 6.07) is 0. The second-order valence-electron chi connectivity index (χ2n) is 1.03. The predicted octanol–water partition coefficient (Wildman–Crippen LogP) is -1.41. The Bertz CT molecular complexity index is 54.6. The van der Waals surface area contributed by atoms with Crippen molar-refractivity contribution < 1.29 is 8.54 Å². The molecule has 0 atom stereocenters. The molecular weight excluding hydrogens is 112 g/mol. The van der Waals surface area contributed by atoms with Crippen LogP contribution in [0.3, 0.4) is 0 Å². The monoisotopic (exact) mass is 118 g/mol. The topological polar surface area (TPSA) is 18.5 Å². The van der Waals surface area contributed by atoms with E-state index in [1.54, 1.807) is 6.26 Å². The summed E-state index contributed by atoms with van der Waals surface area (Å²) in [6.45, 7) is 0. The van der Waals surface area contributed by atoms with Gasteiger partial charge in [-0.1, -0.05) is 0 Å². The molecule has 0 aromatic heterocycles. The third-order valence-corrected chi connectivity index (χ3v) is 2.88. The zero-order valence-corrected chi connectivity index (χ0v) is 6.21. The zero-order chi connectivity index (χ0) is 4.24. The van der Waals surface area contributed by atoms with Crippen LogP contribution in [0.4, 0.5) is 0 Å².